The number of hydrogen-bond donors (Lipinski definition) is 0. The van der Waals surface area contributed by atoms with E-state index in [9.17, 15) is 9.59 Å². The van der Waals surface area contributed by atoms with Gasteiger partial charge in [-0.2, -0.15) is 0 Å². The number of aryl methyl sites for hydroxylation is 1. The number of rotatable bonds is 5. The van der Waals surface area contributed by atoms with Crippen molar-refractivity contribution in [2.75, 3.05) is 13.1 Å². The molecule has 0 aliphatic carbocycles. The van der Waals surface area contributed by atoms with Crippen LogP contribution in [0, 0.1) is 12.8 Å². The van der Waals surface area contributed by atoms with Crippen LogP contribution in [0.1, 0.15) is 33.9 Å². The van der Waals surface area contributed by atoms with Crippen molar-refractivity contribution in [2.45, 2.75) is 26.2 Å². The molecular formula is C12H16BN2O2S. The van der Waals surface area contributed by atoms with Crippen LogP contribution in [0.4, 0.5) is 0 Å². The molecule has 6 heteroatoms. The molecule has 0 atom stereocenters. The molecule has 4 nitrogen and oxygen atoms in total. The number of hydrogen-bond acceptors (Lipinski definition) is 5. The molecular weight excluding hydrogens is 247 g/mol. The van der Waals surface area contributed by atoms with E-state index in [4.69, 9.17) is 0 Å². The van der Waals surface area contributed by atoms with E-state index in [2.05, 4.69) is 4.98 Å². The summed E-state index contributed by atoms with van der Waals surface area (Å²) in [5.41, 5.74) is 0. The quantitative estimate of drug-likeness (QED) is 0.459. The van der Waals surface area contributed by atoms with Gasteiger partial charge in [-0.05, 0) is 38.8 Å². The third-order valence-corrected chi connectivity index (χ3v) is 4.21. The zero-order valence-electron chi connectivity index (χ0n) is 10.5. The average molecular weight is 263 g/mol. The van der Waals surface area contributed by atoms with Gasteiger partial charge in [-0.1, -0.05) is 0 Å². The van der Waals surface area contributed by atoms with Crippen molar-refractivity contribution in [3.63, 3.8) is 0 Å². The third kappa shape index (κ3) is 3.49. The fourth-order valence-corrected chi connectivity index (χ4v) is 2.94. The highest BCUT2D eigenvalue weighted by atomic mass is 32.1. The lowest BCUT2D eigenvalue weighted by molar-refractivity contribution is 0.0944. The Kier molecular flexibility index (Phi) is 4.66. The van der Waals surface area contributed by atoms with Crippen LogP contribution in [-0.4, -0.2) is 42.3 Å². The molecule has 0 N–H and O–H groups in total. The summed E-state index contributed by atoms with van der Waals surface area (Å²) in [4.78, 5) is 29.6. The van der Waals surface area contributed by atoms with Crippen molar-refractivity contribution in [3.8, 4) is 0 Å². The van der Waals surface area contributed by atoms with E-state index in [-0.39, 0.29) is 5.78 Å². The molecule has 1 radical (unpaired) electrons. The lowest BCUT2D eigenvalue weighted by atomic mass is 9.85. The van der Waals surface area contributed by atoms with Gasteiger partial charge in [0.2, 0.25) is 0 Å². The van der Waals surface area contributed by atoms with Crippen LogP contribution in [0.5, 0.6) is 0 Å². The van der Waals surface area contributed by atoms with Crippen molar-refractivity contribution >= 4 is 30.7 Å². The molecule has 0 saturated carbocycles. The molecule has 2 heterocycles. The Labute approximate surface area is 112 Å². The highest BCUT2D eigenvalue weighted by Gasteiger charge is 2.23. The lowest BCUT2D eigenvalue weighted by Gasteiger charge is -2.29. The number of carbonyl (C=O) groups is 2. The van der Waals surface area contributed by atoms with E-state index in [1.807, 2.05) is 11.7 Å². The van der Waals surface area contributed by atoms with Gasteiger partial charge >= 0.3 is 0 Å². The molecule has 2 rings (SSSR count). The Balaban J connectivity index is 1.81. The molecule has 0 bridgehead atoms. The van der Waals surface area contributed by atoms with Gasteiger partial charge in [0.15, 0.2) is 10.8 Å². The van der Waals surface area contributed by atoms with Crippen molar-refractivity contribution < 1.29 is 9.59 Å². The topological polar surface area (TPSA) is 50.3 Å². The summed E-state index contributed by atoms with van der Waals surface area (Å²) in [6.45, 7) is 3.70. The second-order valence-electron chi connectivity index (χ2n) is 4.67. The largest absolute Gasteiger partial charge is 0.340 e. The maximum absolute atomic E-state index is 12.0. The predicted octanol–water partition coefficient (Wildman–Crippen LogP) is 1.55. The van der Waals surface area contributed by atoms with Gasteiger partial charge in [0.25, 0.3) is 7.41 Å². The van der Waals surface area contributed by atoms with Crippen LogP contribution in [0.3, 0.4) is 0 Å². The molecule has 1 aliphatic rings. The predicted molar refractivity (Wildman–Crippen MR) is 72.6 cm³/mol. The number of piperidine rings is 1. The van der Waals surface area contributed by atoms with Crippen LogP contribution in [0.2, 0.25) is 0 Å². The maximum Gasteiger partial charge on any atom is 0.293 e. The second-order valence-corrected chi connectivity index (χ2v) is 5.90. The standard InChI is InChI=1S/C12H16BN2O2S/c1-9-7-14-12(18-9)11(17)6-10-2-4-15(5-3-10)13-8-16/h7-8,10H,2-6H2,1H3. The van der Waals surface area contributed by atoms with Gasteiger partial charge in [0.05, 0.1) is 6.19 Å². The fraction of sp³-hybridized carbons (Fsp3) is 0.583. The Morgan fingerprint density at radius 1 is 1.61 bits per heavy atom. The molecule has 0 spiro atoms. The molecule has 0 amide bonds. The van der Waals surface area contributed by atoms with Crippen molar-refractivity contribution in [2.24, 2.45) is 5.92 Å². The van der Waals surface area contributed by atoms with E-state index >= 15 is 0 Å². The normalized spacial score (nSPS) is 17.6. The van der Waals surface area contributed by atoms with E-state index in [0.29, 0.717) is 17.3 Å². The molecule has 0 aromatic carbocycles. The highest BCUT2D eigenvalue weighted by Crippen LogP contribution is 2.23. The first-order valence-corrected chi connectivity index (χ1v) is 6.99. The average Bonchev–Trinajstić information content (AvgIpc) is 2.79. The molecule has 1 aromatic rings. The monoisotopic (exact) mass is 263 g/mol. The van der Waals surface area contributed by atoms with E-state index in [1.165, 1.54) is 11.3 Å². The van der Waals surface area contributed by atoms with Gasteiger partial charge in [-0.15, -0.1) is 11.3 Å². The summed E-state index contributed by atoms with van der Waals surface area (Å²) < 4.78 is 0. The Morgan fingerprint density at radius 2 is 2.33 bits per heavy atom. The zero-order valence-corrected chi connectivity index (χ0v) is 11.3. The summed E-state index contributed by atoms with van der Waals surface area (Å²) in [6, 6.07) is 0. The number of carbonyl (C=O) groups excluding carboxylic acids is 2. The van der Waals surface area contributed by atoms with Gasteiger partial charge < -0.3 is 9.61 Å². The van der Waals surface area contributed by atoms with Gasteiger partial charge in [0.1, 0.15) is 0 Å². The van der Waals surface area contributed by atoms with Crippen LogP contribution in [0.15, 0.2) is 6.20 Å². The minimum atomic E-state index is 0.158. The number of ketones is 1. The first kappa shape index (κ1) is 13.4. The number of aromatic nitrogens is 1. The molecule has 18 heavy (non-hydrogen) atoms. The van der Waals surface area contributed by atoms with Gasteiger partial charge in [-0.25, -0.2) is 4.98 Å². The van der Waals surface area contributed by atoms with Crippen molar-refractivity contribution in [1.82, 2.24) is 9.79 Å². The summed E-state index contributed by atoms with van der Waals surface area (Å²) in [5, 5.41) is 0.634. The molecule has 1 aliphatic heterocycles. The maximum atomic E-state index is 12.0. The van der Waals surface area contributed by atoms with Crippen LogP contribution in [-0.2, 0) is 4.79 Å². The summed E-state index contributed by atoms with van der Waals surface area (Å²) in [6.07, 6.45) is 5.10. The zero-order chi connectivity index (χ0) is 13.0. The number of nitrogens with zero attached hydrogens (tertiary/aromatic N) is 2. The SMILES string of the molecule is Cc1cnc(C(=O)CC2CCN([B]C=O)CC2)s1. The summed E-state index contributed by atoms with van der Waals surface area (Å²) in [5.74, 6) is 0.587. The Bertz CT molecular complexity index is 427. The minimum absolute atomic E-state index is 0.158. The van der Waals surface area contributed by atoms with Crippen LogP contribution >= 0.6 is 11.3 Å². The Morgan fingerprint density at radius 3 is 2.89 bits per heavy atom. The Hall–Kier alpha value is -1.01. The van der Waals surface area contributed by atoms with E-state index in [0.717, 1.165) is 37.0 Å². The molecule has 0 unspecified atom stereocenters. The number of thiazole rings is 1. The van der Waals surface area contributed by atoms with Gasteiger partial charge in [-0.3, -0.25) is 4.79 Å². The smallest absolute Gasteiger partial charge is 0.293 e. The van der Waals surface area contributed by atoms with E-state index in [1.54, 1.807) is 13.6 Å². The highest BCUT2D eigenvalue weighted by molar-refractivity contribution is 7.13. The first-order chi connectivity index (χ1) is 8.69. The summed E-state index contributed by atoms with van der Waals surface area (Å²) in [7, 11) is 1.59. The third-order valence-electron chi connectivity index (χ3n) is 3.25. The first-order valence-electron chi connectivity index (χ1n) is 6.17. The van der Waals surface area contributed by atoms with Crippen molar-refractivity contribution in [1.29, 1.82) is 0 Å². The minimum Gasteiger partial charge on any atom is -0.340 e. The molecule has 1 fully saturated rings. The molecule has 1 saturated heterocycles. The number of Topliss-reactive ketones (excluding diaryl/α,β-unsaturated/α-hetero) is 1. The molecule has 95 valence electrons. The van der Waals surface area contributed by atoms with E-state index < -0.39 is 0 Å². The summed E-state index contributed by atoms with van der Waals surface area (Å²) >= 11 is 1.47. The second kappa shape index (κ2) is 6.25. The van der Waals surface area contributed by atoms with Gasteiger partial charge in [0, 0.05) is 17.5 Å². The lowest BCUT2D eigenvalue weighted by Crippen LogP contribution is -2.37. The molecule has 1 aromatic heterocycles. The van der Waals surface area contributed by atoms with Crippen LogP contribution in [0.25, 0.3) is 0 Å². The van der Waals surface area contributed by atoms with Crippen molar-refractivity contribution in [3.05, 3.63) is 16.1 Å². The fourth-order valence-electron chi connectivity index (χ4n) is 2.23. The van der Waals surface area contributed by atoms with Crippen LogP contribution < -0.4 is 0 Å².